The van der Waals surface area contributed by atoms with Crippen molar-refractivity contribution in [3.05, 3.63) is 102 Å². The van der Waals surface area contributed by atoms with Gasteiger partial charge in [-0.15, -0.1) is 0 Å². The Morgan fingerprint density at radius 3 is 1.82 bits per heavy atom. The zero-order valence-corrected chi connectivity index (χ0v) is 21.0. The fourth-order valence-corrected chi connectivity index (χ4v) is 7.34. The van der Waals surface area contributed by atoms with E-state index in [-0.39, 0.29) is 35.3 Å². The highest BCUT2D eigenvalue weighted by Gasteiger charge is 2.62. The molecule has 7 rings (SSSR count). The van der Waals surface area contributed by atoms with Crippen molar-refractivity contribution in [2.24, 2.45) is 29.6 Å². The minimum absolute atomic E-state index is 0.0690. The molecule has 0 aromatic heterocycles. The number of allylic oxidation sites excluding steroid dienone is 2. The third kappa shape index (κ3) is 3.42. The zero-order chi connectivity index (χ0) is 26.8. The number of para-hydroxylation sites is 2. The molecule has 3 aromatic rings. The molecule has 4 aliphatic rings. The standard InChI is InChI=1S/C32H26N2O5/c35-21-13-7-8-18(16-21)26-22-14-15-23-27(31(38)33(29(23)36)19-9-3-1-4-10-19)24(22)17-25-28(26)32(39)34(30(25)37)20-11-5-2-6-12-20/h1-14,16,23-28,35H,15,17H2/t23-,24+,25+,26-,27-,28+/m0/s1. The maximum atomic E-state index is 14.0. The van der Waals surface area contributed by atoms with Crippen LogP contribution in [0.4, 0.5) is 11.4 Å². The van der Waals surface area contributed by atoms with Crippen molar-refractivity contribution in [3.63, 3.8) is 0 Å². The SMILES string of the molecule is O=C1[C@H]2[C@H](CC=C3[C@H]2C[C@H]2C(=O)N(c4ccccc4)C(=O)[C@H]2[C@H]3c2cccc(O)c2)C(=O)N1c1ccccc1. The molecule has 0 radical (unpaired) electrons. The molecule has 1 N–H and O–H groups in total. The van der Waals surface area contributed by atoms with E-state index in [2.05, 4.69) is 0 Å². The first-order valence-corrected chi connectivity index (χ1v) is 13.3. The van der Waals surface area contributed by atoms with E-state index in [1.807, 2.05) is 24.3 Å². The molecule has 2 aliphatic carbocycles. The number of hydrogen-bond donors (Lipinski definition) is 1. The molecule has 7 heteroatoms. The summed E-state index contributed by atoms with van der Waals surface area (Å²) in [5, 5.41) is 10.3. The minimum atomic E-state index is -0.656. The van der Waals surface area contributed by atoms with Gasteiger partial charge in [0, 0.05) is 5.92 Å². The van der Waals surface area contributed by atoms with Crippen molar-refractivity contribution < 1.29 is 24.3 Å². The highest BCUT2D eigenvalue weighted by Crippen LogP contribution is 2.58. The molecule has 0 bridgehead atoms. The Kier molecular flexibility index (Phi) is 5.30. The third-order valence-electron chi connectivity index (χ3n) is 8.91. The molecule has 2 heterocycles. The fraction of sp³-hybridized carbons (Fsp3) is 0.250. The van der Waals surface area contributed by atoms with E-state index in [9.17, 15) is 24.3 Å². The first-order chi connectivity index (χ1) is 19.0. The van der Waals surface area contributed by atoms with E-state index in [4.69, 9.17) is 0 Å². The van der Waals surface area contributed by atoms with Gasteiger partial charge in [-0.3, -0.25) is 29.0 Å². The lowest BCUT2D eigenvalue weighted by Crippen LogP contribution is -2.43. The number of benzene rings is 3. The summed E-state index contributed by atoms with van der Waals surface area (Å²) < 4.78 is 0. The highest BCUT2D eigenvalue weighted by atomic mass is 16.3. The van der Waals surface area contributed by atoms with Crippen molar-refractivity contribution in [2.45, 2.75) is 18.8 Å². The van der Waals surface area contributed by atoms with Crippen molar-refractivity contribution in [1.29, 1.82) is 0 Å². The van der Waals surface area contributed by atoms with Gasteiger partial charge in [-0.05, 0) is 60.7 Å². The van der Waals surface area contributed by atoms with Crippen LogP contribution in [0.25, 0.3) is 0 Å². The van der Waals surface area contributed by atoms with E-state index >= 15 is 0 Å². The lowest BCUT2D eigenvalue weighted by Gasteiger charge is -2.44. The number of phenolic OH excluding ortho intramolecular Hbond substituents is 1. The normalized spacial score (nSPS) is 29.7. The molecule has 2 saturated heterocycles. The van der Waals surface area contributed by atoms with Gasteiger partial charge in [-0.1, -0.05) is 60.2 Å². The van der Waals surface area contributed by atoms with Gasteiger partial charge < -0.3 is 5.11 Å². The Labute approximate surface area is 225 Å². The molecule has 4 amide bonds. The number of nitrogens with zero attached hydrogens (tertiary/aromatic N) is 2. The summed E-state index contributed by atoms with van der Waals surface area (Å²) in [7, 11) is 0. The average molecular weight is 519 g/mol. The monoisotopic (exact) mass is 518 g/mol. The van der Waals surface area contributed by atoms with Crippen LogP contribution in [0.2, 0.25) is 0 Å². The second kappa shape index (κ2) is 8.76. The molecule has 6 atom stereocenters. The number of carbonyl (C=O) groups is 4. The van der Waals surface area contributed by atoms with Crippen molar-refractivity contribution in [1.82, 2.24) is 0 Å². The lowest BCUT2D eigenvalue weighted by molar-refractivity contribution is -0.126. The third-order valence-corrected chi connectivity index (χ3v) is 8.91. The molecule has 2 aliphatic heterocycles. The quantitative estimate of drug-likeness (QED) is 0.409. The summed E-state index contributed by atoms with van der Waals surface area (Å²) in [5.41, 5.74) is 2.71. The van der Waals surface area contributed by atoms with Gasteiger partial charge in [-0.25, -0.2) is 0 Å². The van der Waals surface area contributed by atoms with Crippen molar-refractivity contribution in [2.75, 3.05) is 9.80 Å². The van der Waals surface area contributed by atoms with Gasteiger partial charge in [0.15, 0.2) is 0 Å². The number of hydrogen-bond acceptors (Lipinski definition) is 5. The number of rotatable bonds is 3. The smallest absolute Gasteiger partial charge is 0.238 e. The number of anilines is 2. The largest absolute Gasteiger partial charge is 0.508 e. The van der Waals surface area contributed by atoms with Gasteiger partial charge in [0.05, 0.1) is 35.0 Å². The molecule has 3 aromatic carbocycles. The number of aromatic hydroxyl groups is 1. The van der Waals surface area contributed by atoms with Crippen LogP contribution in [-0.4, -0.2) is 28.7 Å². The first kappa shape index (κ1) is 23.6. The van der Waals surface area contributed by atoms with E-state index in [1.54, 1.807) is 66.7 Å². The molecule has 7 nitrogen and oxygen atoms in total. The van der Waals surface area contributed by atoms with Gasteiger partial charge in [0.2, 0.25) is 23.6 Å². The number of phenols is 1. The number of carbonyl (C=O) groups excluding carboxylic acids is 4. The van der Waals surface area contributed by atoms with Crippen LogP contribution >= 0.6 is 0 Å². The molecule has 194 valence electrons. The number of amides is 4. The average Bonchev–Trinajstić information content (AvgIpc) is 3.36. The molecule has 1 saturated carbocycles. The molecule has 0 unspecified atom stereocenters. The van der Waals surface area contributed by atoms with Crippen LogP contribution in [0.5, 0.6) is 5.75 Å². The topological polar surface area (TPSA) is 95.0 Å². The molecular formula is C32H26N2O5. The predicted molar refractivity (Wildman–Crippen MR) is 143 cm³/mol. The Bertz CT molecular complexity index is 1550. The van der Waals surface area contributed by atoms with Crippen LogP contribution in [0.1, 0.15) is 24.3 Å². The van der Waals surface area contributed by atoms with E-state index in [1.165, 1.54) is 9.80 Å². The van der Waals surface area contributed by atoms with E-state index in [0.29, 0.717) is 24.2 Å². The Morgan fingerprint density at radius 2 is 1.21 bits per heavy atom. The lowest BCUT2D eigenvalue weighted by atomic mass is 9.57. The first-order valence-electron chi connectivity index (χ1n) is 13.3. The van der Waals surface area contributed by atoms with Gasteiger partial charge in [0.1, 0.15) is 5.75 Å². The summed E-state index contributed by atoms with van der Waals surface area (Å²) in [6.45, 7) is 0. The molecule has 0 spiro atoms. The van der Waals surface area contributed by atoms with E-state index in [0.717, 1.165) is 11.1 Å². The number of imide groups is 2. The van der Waals surface area contributed by atoms with Crippen molar-refractivity contribution >= 4 is 35.0 Å². The molecule has 39 heavy (non-hydrogen) atoms. The maximum Gasteiger partial charge on any atom is 0.238 e. The molecule has 3 fully saturated rings. The predicted octanol–water partition coefficient (Wildman–Crippen LogP) is 4.44. The summed E-state index contributed by atoms with van der Waals surface area (Å²) in [6, 6.07) is 24.6. The Morgan fingerprint density at radius 1 is 0.615 bits per heavy atom. The Hall–Kier alpha value is -4.52. The summed E-state index contributed by atoms with van der Waals surface area (Å²) in [4.78, 5) is 57.8. The summed E-state index contributed by atoms with van der Waals surface area (Å²) in [6.07, 6.45) is 2.73. The van der Waals surface area contributed by atoms with Gasteiger partial charge in [-0.2, -0.15) is 0 Å². The van der Waals surface area contributed by atoms with Crippen LogP contribution in [-0.2, 0) is 19.2 Å². The Balaban J connectivity index is 1.34. The fourth-order valence-electron chi connectivity index (χ4n) is 7.34. The number of fused-ring (bicyclic) bond motifs is 4. The van der Waals surface area contributed by atoms with E-state index < -0.39 is 29.6 Å². The minimum Gasteiger partial charge on any atom is -0.508 e. The summed E-state index contributed by atoms with van der Waals surface area (Å²) in [5.74, 6) is -4.22. The van der Waals surface area contributed by atoms with Gasteiger partial charge in [0.25, 0.3) is 0 Å². The second-order valence-electron chi connectivity index (χ2n) is 10.8. The highest BCUT2D eigenvalue weighted by molar-refractivity contribution is 6.24. The van der Waals surface area contributed by atoms with Crippen molar-refractivity contribution in [3.8, 4) is 5.75 Å². The van der Waals surface area contributed by atoms with Crippen LogP contribution in [0, 0.1) is 29.6 Å². The van der Waals surface area contributed by atoms with Gasteiger partial charge >= 0.3 is 0 Å². The van der Waals surface area contributed by atoms with Crippen LogP contribution in [0.3, 0.4) is 0 Å². The van der Waals surface area contributed by atoms with Crippen LogP contribution < -0.4 is 9.80 Å². The zero-order valence-electron chi connectivity index (χ0n) is 21.0. The maximum absolute atomic E-state index is 14.0. The molecular weight excluding hydrogens is 492 g/mol. The van der Waals surface area contributed by atoms with Crippen LogP contribution in [0.15, 0.2) is 96.6 Å². The second-order valence-corrected chi connectivity index (χ2v) is 10.8. The summed E-state index contributed by atoms with van der Waals surface area (Å²) >= 11 is 0.